The molecule has 0 saturated carbocycles. The second kappa shape index (κ2) is 11.4. The third kappa shape index (κ3) is 5.47. The number of anilines is 2. The van der Waals surface area contributed by atoms with Crippen LogP contribution in [0.1, 0.15) is 40.2 Å². The van der Waals surface area contributed by atoms with E-state index in [2.05, 4.69) is 15.3 Å². The summed E-state index contributed by atoms with van der Waals surface area (Å²) in [6, 6.07) is 10.7. The lowest BCUT2D eigenvalue weighted by molar-refractivity contribution is 0.0938. The highest BCUT2D eigenvalue weighted by Gasteiger charge is 2.35. The summed E-state index contributed by atoms with van der Waals surface area (Å²) in [6.45, 7) is 0.863. The van der Waals surface area contributed by atoms with Crippen molar-refractivity contribution in [3.8, 4) is 5.75 Å². The monoisotopic (exact) mass is 613 g/mol. The van der Waals surface area contributed by atoms with E-state index in [9.17, 15) is 26.4 Å². The largest absolute Gasteiger partial charge is 0.488 e. The summed E-state index contributed by atoms with van der Waals surface area (Å²) in [7, 11) is -4.53. The molecule has 5 heterocycles. The van der Waals surface area contributed by atoms with Crippen molar-refractivity contribution in [2.24, 2.45) is 0 Å². The second-order valence-electron chi connectivity index (χ2n) is 10.2. The van der Waals surface area contributed by atoms with Crippen LogP contribution in [0.5, 0.6) is 5.75 Å². The van der Waals surface area contributed by atoms with E-state index < -0.39 is 51.8 Å². The van der Waals surface area contributed by atoms with Crippen molar-refractivity contribution in [2.75, 3.05) is 31.3 Å². The van der Waals surface area contributed by atoms with Crippen LogP contribution in [0, 0.1) is 5.82 Å². The fourth-order valence-corrected chi connectivity index (χ4v) is 6.21. The first-order valence-corrected chi connectivity index (χ1v) is 15.0. The van der Waals surface area contributed by atoms with Gasteiger partial charge >= 0.3 is 0 Å². The van der Waals surface area contributed by atoms with Gasteiger partial charge in [0.2, 0.25) is 15.3 Å². The number of pyridine rings is 3. The molecule has 0 unspecified atom stereocenters. The summed E-state index contributed by atoms with van der Waals surface area (Å²) < 4.78 is 78.0. The smallest absolute Gasteiger partial charge is 0.251 e. The van der Waals surface area contributed by atoms with E-state index in [0.29, 0.717) is 47.4 Å². The van der Waals surface area contributed by atoms with Gasteiger partial charge in [-0.1, -0.05) is 6.92 Å². The first-order valence-electron chi connectivity index (χ1n) is 13.4. The van der Waals surface area contributed by atoms with Gasteiger partial charge in [0.1, 0.15) is 18.2 Å². The Morgan fingerprint density at radius 2 is 2.02 bits per heavy atom. The number of rotatable bonds is 6. The summed E-state index contributed by atoms with van der Waals surface area (Å²) in [4.78, 5) is 27.9. The van der Waals surface area contributed by atoms with Gasteiger partial charge in [-0.05, 0) is 42.5 Å². The Hall–Kier alpha value is -4.30. The number of nitrogens with zero attached hydrogens (tertiary/aromatic N) is 4. The number of ether oxygens (including phenoxy) is 2. The fraction of sp³-hybridized carbons (Fsp3) is 0.310. The van der Waals surface area contributed by atoms with Crippen molar-refractivity contribution >= 4 is 38.3 Å². The first-order chi connectivity index (χ1) is 20.7. The topological polar surface area (TPSA) is 124 Å². The molecule has 224 valence electrons. The van der Waals surface area contributed by atoms with Crippen LogP contribution in [0.2, 0.25) is 0 Å². The number of carbonyl (C=O) groups is 1. The van der Waals surface area contributed by atoms with Gasteiger partial charge in [0.15, 0.2) is 11.6 Å². The molecule has 1 aromatic carbocycles. The number of sulfone groups is 1. The molecule has 0 spiro atoms. The van der Waals surface area contributed by atoms with E-state index >= 15 is 0 Å². The van der Waals surface area contributed by atoms with E-state index in [1.165, 1.54) is 0 Å². The standard InChI is InChI=1S/C29H26F3N5O5S/c1-16(11-30)22-3-4-24-28(36-22)37(6-7-42-24)27-5-2-17-12-33-19(10-23(17)35-27)13-34-29(38)18-8-21(31)20-14-41-15-26(32)43(39,40)25(20)9-18/h2-5,8-10,12,16,26H,6-7,11,13-15H2,1H3,(H,34,38)/t16-,26+/m0/s1. The lowest BCUT2D eigenvalue weighted by atomic mass is 10.1. The van der Waals surface area contributed by atoms with Gasteiger partial charge in [0.05, 0.1) is 49.1 Å². The minimum Gasteiger partial charge on any atom is -0.488 e. The molecule has 4 aromatic rings. The molecular formula is C29H26F3N5O5S. The van der Waals surface area contributed by atoms with Crippen LogP contribution >= 0.6 is 0 Å². The Morgan fingerprint density at radius 3 is 2.84 bits per heavy atom. The molecule has 1 amide bonds. The fourth-order valence-electron chi connectivity index (χ4n) is 4.87. The molecule has 43 heavy (non-hydrogen) atoms. The number of amides is 1. The predicted octanol–water partition coefficient (Wildman–Crippen LogP) is 4.30. The molecular weight excluding hydrogens is 587 g/mol. The van der Waals surface area contributed by atoms with Gasteiger partial charge in [-0.25, -0.2) is 27.2 Å². The molecule has 2 aliphatic heterocycles. The number of fused-ring (bicyclic) bond motifs is 3. The second-order valence-corrected chi connectivity index (χ2v) is 12.3. The van der Waals surface area contributed by atoms with Crippen molar-refractivity contribution in [3.63, 3.8) is 0 Å². The van der Waals surface area contributed by atoms with Crippen molar-refractivity contribution in [1.29, 1.82) is 0 Å². The van der Waals surface area contributed by atoms with Gasteiger partial charge in [-0.3, -0.25) is 14.2 Å². The van der Waals surface area contributed by atoms with Gasteiger partial charge in [0.25, 0.3) is 5.91 Å². The van der Waals surface area contributed by atoms with Gasteiger partial charge in [0, 0.05) is 34.3 Å². The Morgan fingerprint density at radius 1 is 1.19 bits per heavy atom. The molecule has 0 bridgehead atoms. The normalized spacial score (nSPS) is 18.2. The maximum absolute atomic E-state index is 14.7. The van der Waals surface area contributed by atoms with Crippen LogP contribution in [-0.2, 0) is 27.7 Å². The number of benzene rings is 1. The molecule has 0 saturated heterocycles. The van der Waals surface area contributed by atoms with E-state index in [1.54, 1.807) is 31.3 Å². The summed E-state index contributed by atoms with van der Waals surface area (Å²) in [5.41, 5.74) is -1.35. The van der Waals surface area contributed by atoms with Gasteiger partial charge < -0.3 is 19.7 Å². The average molecular weight is 614 g/mol. The van der Waals surface area contributed by atoms with Crippen LogP contribution in [0.25, 0.3) is 10.9 Å². The van der Waals surface area contributed by atoms with Crippen LogP contribution in [0.4, 0.5) is 24.8 Å². The number of nitrogens with one attached hydrogen (secondary N) is 1. The average Bonchev–Trinajstić information content (AvgIpc) is 3.13. The minimum absolute atomic E-state index is 0.0760. The Balaban J connectivity index is 1.24. The van der Waals surface area contributed by atoms with E-state index in [0.717, 1.165) is 17.5 Å². The highest BCUT2D eigenvalue weighted by molar-refractivity contribution is 7.92. The highest BCUT2D eigenvalue weighted by Crippen LogP contribution is 2.36. The van der Waals surface area contributed by atoms with Crippen LogP contribution < -0.4 is 15.0 Å². The predicted molar refractivity (Wildman–Crippen MR) is 150 cm³/mol. The lowest BCUT2D eigenvalue weighted by Gasteiger charge is -2.30. The molecule has 6 rings (SSSR count). The third-order valence-corrected chi connectivity index (χ3v) is 9.09. The molecule has 0 radical (unpaired) electrons. The lowest BCUT2D eigenvalue weighted by Crippen LogP contribution is -2.30. The first kappa shape index (κ1) is 28.8. The van der Waals surface area contributed by atoms with Gasteiger partial charge in [-0.15, -0.1) is 0 Å². The molecule has 2 aliphatic rings. The maximum atomic E-state index is 14.7. The quantitative estimate of drug-likeness (QED) is 0.339. The number of hydrogen-bond acceptors (Lipinski definition) is 9. The number of alkyl halides is 2. The summed E-state index contributed by atoms with van der Waals surface area (Å²) in [6.07, 6.45) is 1.59. The maximum Gasteiger partial charge on any atom is 0.251 e. The van der Waals surface area contributed by atoms with Crippen molar-refractivity contribution < 1.29 is 35.9 Å². The minimum atomic E-state index is -4.53. The molecule has 3 aromatic heterocycles. The Labute approximate surface area is 244 Å². The zero-order valence-electron chi connectivity index (χ0n) is 22.9. The van der Waals surface area contributed by atoms with E-state index in [1.807, 2.05) is 17.0 Å². The highest BCUT2D eigenvalue weighted by atomic mass is 32.2. The molecule has 14 heteroatoms. The summed E-state index contributed by atoms with van der Waals surface area (Å²) in [5.74, 6) is -0.422. The summed E-state index contributed by atoms with van der Waals surface area (Å²) in [5, 5.41) is 3.34. The molecule has 0 fully saturated rings. The molecule has 1 N–H and O–H groups in total. The Bertz CT molecular complexity index is 1840. The van der Waals surface area contributed by atoms with Crippen LogP contribution in [-0.4, -0.2) is 61.2 Å². The molecule has 0 aliphatic carbocycles. The zero-order valence-corrected chi connectivity index (χ0v) is 23.7. The Kier molecular flexibility index (Phi) is 7.65. The third-order valence-electron chi connectivity index (χ3n) is 7.30. The van der Waals surface area contributed by atoms with Gasteiger partial charge in [-0.2, -0.15) is 0 Å². The SMILES string of the molecule is C[C@@H](CF)c1ccc2c(n1)N(c1ccc3cnc(CNC(=O)c4cc(F)c5c(c4)S(=O)(=O)[C@@H](F)COC5)cc3n1)CCO2. The van der Waals surface area contributed by atoms with Crippen LogP contribution in [0.3, 0.4) is 0 Å². The van der Waals surface area contributed by atoms with E-state index in [-0.39, 0.29) is 23.6 Å². The van der Waals surface area contributed by atoms with E-state index in [4.69, 9.17) is 14.5 Å². The molecule has 10 nitrogen and oxygen atoms in total. The number of halogens is 3. The summed E-state index contributed by atoms with van der Waals surface area (Å²) >= 11 is 0. The number of carbonyl (C=O) groups excluding carboxylic acids is 1. The number of aromatic nitrogens is 3. The number of hydrogen-bond donors (Lipinski definition) is 1. The molecule has 2 atom stereocenters. The van der Waals surface area contributed by atoms with Crippen molar-refractivity contribution in [2.45, 2.75) is 36.4 Å². The van der Waals surface area contributed by atoms with Crippen molar-refractivity contribution in [1.82, 2.24) is 20.3 Å². The van der Waals surface area contributed by atoms with Crippen molar-refractivity contribution in [3.05, 3.63) is 77.0 Å². The van der Waals surface area contributed by atoms with Crippen LogP contribution in [0.15, 0.2) is 53.6 Å². The zero-order chi connectivity index (χ0) is 30.3.